The number of ether oxygens (including phenoxy) is 1. The van der Waals surface area contributed by atoms with E-state index in [4.69, 9.17) is 4.74 Å². The molecule has 7 heteroatoms. The molecule has 2 saturated heterocycles. The van der Waals surface area contributed by atoms with Gasteiger partial charge in [0, 0.05) is 56.8 Å². The Balaban J connectivity index is 1.42. The van der Waals surface area contributed by atoms with Crippen molar-refractivity contribution in [1.82, 2.24) is 15.2 Å². The number of nitrogens with one attached hydrogen (secondary N) is 1. The zero-order chi connectivity index (χ0) is 16.8. The first kappa shape index (κ1) is 15.9. The van der Waals surface area contributed by atoms with Gasteiger partial charge in [0.05, 0.1) is 18.6 Å². The Labute approximate surface area is 139 Å². The maximum absolute atomic E-state index is 13.0. The lowest BCUT2D eigenvalue weighted by molar-refractivity contribution is -0.139. The summed E-state index contributed by atoms with van der Waals surface area (Å²) in [6, 6.07) is 3.51. The summed E-state index contributed by atoms with van der Waals surface area (Å²) in [5.41, 5.74) is 0.500. The number of fused-ring (bicyclic) bond motifs is 1. The summed E-state index contributed by atoms with van der Waals surface area (Å²) >= 11 is 0. The minimum Gasteiger partial charge on any atom is -0.380 e. The van der Waals surface area contributed by atoms with Gasteiger partial charge in [-0.15, -0.1) is 0 Å². The zero-order valence-corrected chi connectivity index (χ0v) is 13.4. The van der Waals surface area contributed by atoms with Crippen LogP contribution < -0.4 is 5.32 Å². The van der Waals surface area contributed by atoms with E-state index in [1.807, 2.05) is 18.3 Å². The number of rotatable bonds is 4. The zero-order valence-electron chi connectivity index (χ0n) is 13.4. The third kappa shape index (κ3) is 2.80. The summed E-state index contributed by atoms with van der Waals surface area (Å²) in [6.07, 6.45) is 3.06. The second-order valence-electron chi connectivity index (χ2n) is 7.33. The number of halogens is 2. The predicted octanol–water partition coefficient (Wildman–Crippen LogP) is 1.44. The third-order valence-electron chi connectivity index (χ3n) is 5.45. The Hall–Kier alpha value is -1.60. The Kier molecular flexibility index (Phi) is 3.80. The quantitative estimate of drug-likeness (QED) is 0.903. The molecule has 3 heterocycles. The van der Waals surface area contributed by atoms with E-state index in [0.29, 0.717) is 19.8 Å². The van der Waals surface area contributed by atoms with Gasteiger partial charge < -0.3 is 10.1 Å². The van der Waals surface area contributed by atoms with Crippen molar-refractivity contribution in [3.63, 3.8) is 0 Å². The smallest absolute Gasteiger partial charge is 0.252 e. The van der Waals surface area contributed by atoms with Gasteiger partial charge in [0.1, 0.15) is 0 Å². The van der Waals surface area contributed by atoms with E-state index < -0.39 is 17.4 Å². The third-order valence-corrected chi connectivity index (χ3v) is 5.45. The number of hydrogen-bond donors (Lipinski definition) is 1. The van der Waals surface area contributed by atoms with Gasteiger partial charge in [-0.05, 0) is 11.6 Å². The Bertz CT molecular complexity index is 620. The number of pyridine rings is 1. The van der Waals surface area contributed by atoms with Crippen LogP contribution in [0.25, 0.3) is 0 Å². The molecule has 3 aliphatic rings. The standard InChI is InChI=1S/C17H21F2N3O2/c18-17(19)4-14(5-17)21-15(23)16-10-22(8-13(16)9-24-11-16)7-12-2-1-3-20-6-12/h1-3,6,13-14H,4-5,7-11H2,(H,21,23)/t13-,16-/m1/s1. The number of nitrogens with zero attached hydrogens (tertiary/aromatic N) is 2. The Morgan fingerprint density at radius 1 is 1.46 bits per heavy atom. The molecule has 130 valence electrons. The molecule has 4 rings (SSSR count). The van der Waals surface area contributed by atoms with Crippen LogP contribution in [-0.4, -0.2) is 54.1 Å². The van der Waals surface area contributed by atoms with Crippen LogP contribution in [0.2, 0.25) is 0 Å². The molecule has 5 nitrogen and oxygen atoms in total. The molecule has 1 saturated carbocycles. The van der Waals surface area contributed by atoms with Crippen LogP contribution in [-0.2, 0) is 16.1 Å². The number of amides is 1. The van der Waals surface area contributed by atoms with E-state index in [1.54, 1.807) is 6.20 Å². The molecule has 0 aromatic carbocycles. The van der Waals surface area contributed by atoms with Crippen LogP contribution >= 0.6 is 0 Å². The number of aromatic nitrogens is 1. The lowest BCUT2D eigenvalue weighted by Crippen LogP contribution is -2.56. The van der Waals surface area contributed by atoms with Crippen LogP contribution in [0.1, 0.15) is 18.4 Å². The largest absolute Gasteiger partial charge is 0.380 e. The summed E-state index contributed by atoms with van der Waals surface area (Å²) in [4.78, 5) is 19.1. The fourth-order valence-corrected chi connectivity index (χ4v) is 4.12. The van der Waals surface area contributed by atoms with E-state index in [1.165, 1.54) is 0 Å². The van der Waals surface area contributed by atoms with E-state index in [0.717, 1.165) is 18.7 Å². The fraction of sp³-hybridized carbons (Fsp3) is 0.647. The molecular weight excluding hydrogens is 316 g/mol. The number of hydrogen-bond acceptors (Lipinski definition) is 4. The molecule has 0 bridgehead atoms. The molecular formula is C17H21F2N3O2. The van der Waals surface area contributed by atoms with Crippen LogP contribution in [0.3, 0.4) is 0 Å². The first-order chi connectivity index (χ1) is 11.5. The molecule has 1 N–H and O–H groups in total. The maximum atomic E-state index is 13.0. The topological polar surface area (TPSA) is 54.5 Å². The highest BCUT2D eigenvalue weighted by Crippen LogP contribution is 2.43. The Morgan fingerprint density at radius 2 is 2.29 bits per heavy atom. The summed E-state index contributed by atoms with van der Waals surface area (Å²) in [5.74, 6) is -2.63. The van der Waals surface area contributed by atoms with Gasteiger partial charge in [0.2, 0.25) is 5.91 Å². The van der Waals surface area contributed by atoms with Crippen molar-refractivity contribution in [2.75, 3.05) is 26.3 Å². The van der Waals surface area contributed by atoms with Gasteiger partial charge in [-0.25, -0.2) is 8.78 Å². The minimum absolute atomic E-state index is 0.120. The second-order valence-corrected chi connectivity index (χ2v) is 7.33. The van der Waals surface area contributed by atoms with E-state index in [2.05, 4.69) is 15.2 Å². The van der Waals surface area contributed by atoms with Crippen molar-refractivity contribution in [2.24, 2.45) is 11.3 Å². The molecule has 1 aromatic rings. The van der Waals surface area contributed by atoms with E-state index >= 15 is 0 Å². The molecule has 24 heavy (non-hydrogen) atoms. The highest BCUT2D eigenvalue weighted by Gasteiger charge is 2.57. The lowest BCUT2D eigenvalue weighted by atomic mass is 9.79. The van der Waals surface area contributed by atoms with Crippen molar-refractivity contribution in [1.29, 1.82) is 0 Å². The van der Waals surface area contributed by atoms with Gasteiger partial charge >= 0.3 is 0 Å². The molecule has 2 aliphatic heterocycles. The Morgan fingerprint density at radius 3 is 3.00 bits per heavy atom. The van der Waals surface area contributed by atoms with Crippen LogP contribution in [0.5, 0.6) is 0 Å². The predicted molar refractivity (Wildman–Crippen MR) is 82.4 cm³/mol. The van der Waals surface area contributed by atoms with Gasteiger partial charge in [-0.2, -0.15) is 0 Å². The van der Waals surface area contributed by atoms with Gasteiger partial charge in [0.15, 0.2) is 0 Å². The van der Waals surface area contributed by atoms with Gasteiger partial charge in [0.25, 0.3) is 5.92 Å². The monoisotopic (exact) mass is 337 g/mol. The number of carbonyl (C=O) groups is 1. The maximum Gasteiger partial charge on any atom is 0.252 e. The van der Waals surface area contributed by atoms with Crippen molar-refractivity contribution in [3.8, 4) is 0 Å². The summed E-state index contributed by atoms with van der Waals surface area (Å²) in [7, 11) is 0. The highest BCUT2D eigenvalue weighted by molar-refractivity contribution is 5.84. The molecule has 1 amide bonds. The number of likely N-dealkylation sites (tertiary alicyclic amines) is 1. The molecule has 1 aliphatic carbocycles. The van der Waals surface area contributed by atoms with Crippen molar-refractivity contribution in [2.45, 2.75) is 31.4 Å². The average molecular weight is 337 g/mol. The average Bonchev–Trinajstić information content (AvgIpc) is 3.04. The fourth-order valence-electron chi connectivity index (χ4n) is 4.12. The second kappa shape index (κ2) is 5.74. The highest BCUT2D eigenvalue weighted by atomic mass is 19.3. The first-order valence-electron chi connectivity index (χ1n) is 8.35. The van der Waals surface area contributed by atoms with E-state index in [-0.39, 0.29) is 24.7 Å². The van der Waals surface area contributed by atoms with E-state index in [9.17, 15) is 13.6 Å². The van der Waals surface area contributed by atoms with Gasteiger partial charge in [-0.3, -0.25) is 14.7 Å². The van der Waals surface area contributed by atoms with Crippen molar-refractivity contribution < 1.29 is 18.3 Å². The summed E-state index contributed by atoms with van der Waals surface area (Å²) < 4.78 is 31.6. The molecule has 2 atom stereocenters. The first-order valence-corrected chi connectivity index (χ1v) is 8.35. The number of carbonyl (C=O) groups excluding carboxylic acids is 1. The van der Waals surface area contributed by atoms with Crippen molar-refractivity contribution >= 4 is 5.91 Å². The van der Waals surface area contributed by atoms with Crippen LogP contribution in [0.4, 0.5) is 8.78 Å². The summed E-state index contributed by atoms with van der Waals surface area (Å²) in [5, 5.41) is 2.82. The van der Waals surface area contributed by atoms with Crippen LogP contribution in [0, 0.1) is 11.3 Å². The van der Waals surface area contributed by atoms with Gasteiger partial charge in [-0.1, -0.05) is 6.07 Å². The lowest BCUT2D eigenvalue weighted by Gasteiger charge is -2.37. The summed E-state index contributed by atoms with van der Waals surface area (Å²) in [6.45, 7) is 3.04. The van der Waals surface area contributed by atoms with Crippen molar-refractivity contribution in [3.05, 3.63) is 30.1 Å². The molecule has 1 aromatic heterocycles. The molecule has 0 spiro atoms. The van der Waals surface area contributed by atoms with Crippen LogP contribution in [0.15, 0.2) is 24.5 Å². The normalized spacial score (nSPS) is 32.3. The minimum atomic E-state index is -2.62. The molecule has 0 radical (unpaired) electrons. The SMILES string of the molecule is O=C(NC1CC(F)(F)C1)[C@]12COC[C@H]1CN(Cc1cccnc1)C2. The molecule has 3 fully saturated rings. The molecule has 0 unspecified atom stereocenters. The number of alkyl halides is 2.